The van der Waals surface area contributed by atoms with Gasteiger partial charge in [0, 0.05) is 17.1 Å². The first-order valence-corrected chi connectivity index (χ1v) is 8.74. The Bertz CT molecular complexity index is 945. The molecule has 3 amide bonds. The van der Waals surface area contributed by atoms with Crippen molar-refractivity contribution < 1.29 is 23.5 Å². The van der Waals surface area contributed by atoms with Crippen LogP contribution in [0.5, 0.6) is 11.5 Å². The zero-order valence-corrected chi connectivity index (χ0v) is 16.2. The number of halogens is 2. The molecule has 8 heteroatoms. The van der Waals surface area contributed by atoms with Gasteiger partial charge >= 0.3 is 6.03 Å². The molecule has 2 aromatic carbocycles. The summed E-state index contributed by atoms with van der Waals surface area (Å²) in [7, 11) is 2.88. The molecule has 1 saturated heterocycles. The summed E-state index contributed by atoms with van der Waals surface area (Å²) >= 11 is 3.42. The minimum absolute atomic E-state index is 0.0370. The van der Waals surface area contributed by atoms with Gasteiger partial charge in [0.25, 0.3) is 5.91 Å². The normalized spacial score (nSPS) is 15.3. The molecule has 1 N–H and O–H groups in total. The second-order valence-corrected chi connectivity index (χ2v) is 6.61. The van der Waals surface area contributed by atoms with Crippen LogP contribution in [0, 0.1) is 5.82 Å². The highest BCUT2D eigenvalue weighted by Gasteiger charge is 2.30. The molecule has 0 atom stereocenters. The Morgan fingerprint density at radius 2 is 1.96 bits per heavy atom. The van der Waals surface area contributed by atoms with E-state index in [1.54, 1.807) is 30.3 Å². The van der Waals surface area contributed by atoms with Crippen molar-refractivity contribution >= 4 is 33.9 Å². The van der Waals surface area contributed by atoms with Gasteiger partial charge in [0.05, 0.1) is 7.11 Å². The molecular formula is C19H16BrFN2O4. The minimum Gasteiger partial charge on any atom is -0.493 e. The number of ether oxygens (including phenoxy) is 2. The number of carbonyl (C=O) groups excluding carboxylic acids is 2. The highest BCUT2D eigenvalue weighted by molar-refractivity contribution is 9.10. The molecule has 27 heavy (non-hydrogen) atoms. The standard InChI is InChI=1S/C19H16BrFN2O4/c1-23-18(24)15(22-19(23)25)7-12-8-16(26-2)17(9-13(12)20)27-10-11-5-3-4-6-14(11)21/h3-9H,10H2,1-2H3,(H,22,25)/b15-7+. The first kappa shape index (κ1) is 18.9. The Labute approximate surface area is 163 Å². The van der Waals surface area contributed by atoms with Gasteiger partial charge in [0.15, 0.2) is 11.5 Å². The maximum Gasteiger partial charge on any atom is 0.328 e. The van der Waals surface area contributed by atoms with E-state index in [1.165, 1.54) is 26.3 Å². The molecule has 1 fully saturated rings. The predicted octanol–water partition coefficient (Wildman–Crippen LogP) is 3.70. The summed E-state index contributed by atoms with van der Waals surface area (Å²) in [5.41, 5.74) is 1.19. The predicted molar refractivity (Wildman–Crippen MR) is 101 cm³/mol. The lowest BCUT2D eigenvalue weighted by Crippen LogP contribution is -2.25. The summed E-state index contributed by atoms with van der Waals surface area (Å²) in [5, 5.41) is 2.50. The number of nitrogens with zero attached hydrogens (tertiary/aromatic N) is 1. The highest BCUT2D eigenvalue weighted by Crippen LogP contribution is 2.35. The van der Waals surface area contributed by atoms with Crippen molar-refractivity contribution in [1.82, 2.24) is 10.2 Å². The average Bonchev–Trinajstić information content (AvgIpc) is 2.89. The van der Waals surface area contributed by atoms with Crippen LogP contribution in [-0.4, -0.2) is 31.0 Å². The number of likely N-dealkylation sites (N-methyl/N-ethyl adjacent to an activating group) is 1. The van der Waals surface area contributed by atoms with Gasteiger partial charge < -0.3 is 14.8 Å². The third kappa shape index (κ3) is 3.95. The third-order valence-corrected chi connectivity index (χ3v) is 4.69. The van der Waals surface area contributed by atoms with Gasteiger partial charge in [-0.25, -0.2) is 9.18 Å². The van der Waals surface area contributed by atoms with Gasteiger partial charge in [0.2, 0.25) is 0 Å². The molecule has 0 spiro atoms. The van der Waals surface area contributed by atoms with E-state index >= 15 is 0 Å². The van der Waals surface area contributed by atoms with Crippen LogP contribution in [0.1, 0.15) is 11.1 Å². The molecule has 1 aliphatic rings. The summed E-state index contributed by atoms with van der Waals surface area (Å²) in [5.74, 6) is 0.0439. The van der Waals surface area contributed by atoms with Crippen LogP contribution in [0.25, 0.3) is 6.08 Å². The van der Waals surface area contributed by atoms with Gasteiger partial charge in [-0.2, -0.15) is 0 Å². The number of rotatable bonds is 5. The van der Waals surface area contributed by atoms with Crippen molar-refractivity contribution in [3.05, 3.63) is 63.5 Å². The van der Waals surface area contributed by atoms with Gasteiger partial charge in [-0.3, -0.25) is 9.69 Å². The highest BCUT2D eigenvalue weighted by atomic mass is 79.9. The average molecular weight is 435 g/mol. The number of amides is 3. The molecule has 2 aromatic rings. The number of methoxy groups -OCH3 is 1. The monoisotopic (exact) mass is 434 g/mol. The quantitative estimate of drug-likeness (QED) is 0.575. The second-order valence-electron chi connectivity index (χ2n) is 5.76. The van der Waals surface area contributed by atoms with Crippen molar-refractivity contribution in [2.24, 2.45) is 0 Å². The molecule has 0 aromatic heterocycles. The number of hydrogen-bond donors (Lipinski definition) is 1. The number of benzene rings is 2. The van der Waals surface area contributed by atoms with Crippen molar-refractivity contribution in [2.75, 3.05) is 14.2 Å². The van der Waals surface area contributed by atoms with Crippen molar-refractivity contribution in [3.8, 4) is 11.5 Å². The van der Waals surface area contributed by atoms with E-state index in [1.807, 2.05) is 0 Å². The first-order chi connectivity index (χ1) is 12.9. The van der Waals surface area contributed by atoms with E-state index in [9.17, 15) is 14.0 Å². The number of urea groups is 1. The first-order valence-electron chi connectivity index (χ1n) is 7.95. The fraction of sp³-hybridized carbons (Fsp3) is 0.158. The smallest absolute Gasteiger partial charge is 0.328 e. The molecule has 0 aliphatic carbocycles. The summed E-state index contributed by atoms with van der Waals surface area (Å²) in [6, 6.07) is 9.18. The van der Waals surface area contributed by atoms with Gasteiger partial charge in [-0.1, -0.05) is 34.1 Å². The molecule has 0 radical (unpaired) electrons. The number of carbonyl (C=O) groups is 2. The summed E-state index contributed by atoms with van der Waals surface area (Å²) in [6.45, 7) is 0.0370. The van der Waals surface area contributed by atoms with Crippen molar-refractivity contribution in [1.29, 1.82) is 0 Å². The van der Waals surface area contributed by atoms with Crippen LogP contribution in [0.3, 0.4) is 0 Å². The van der Waals surface area contributed by atoms with Gasteiger partial charge in [-0.05, 0) is 29.8 Å². The van der Waals surface area contributed by atoms with E-state index in [-0.39, 0.29) is 18.1 Å². The second kappa shape index (κ2) is 7.79. The fourth-order valence-electron chi connectivity index (χ4n) is 2.48. The summed E-state index contributed by atoms with van der Waals surface area (Å²) in [4.78, 5) is 24.6. The lowest BCUT2D eigenvalue weighted by molar-refractivity contribution is -0.121. The number of hydrogen-bond acceptors (Lipinski definition) is 4. The summed E-state index contributed by atoms with van der Waals surface area (Å²) < 4.78 is 25.4. The van der Waals surface area contributed by atoms with E-state index in [4.69, 9.17) is 9.47 Å². The Morgan fingerprint density at radius 3 is 2.59 bits per heavy atom. The fourth-order valence-corrected chi connectivity index (χ4v) is 2.92. The molecule has 0 bridgehead atoms. The molecule has 0 unspecified atom stereocenters. The summed E-state index contributed by atoms with van der Waals surface area (Å²) in [6.07, 6.45) is 1.54. The molecule has 140 valence electrons. The number of imide groups is 1. The van der Waals surface area contributed by atoms with E-state index < -0.39 is 11.9 Å². The molecular weight excluding hydrogens is 419 g/mol. The van der Waals surface area contributed by atoms with Crippen LogP contribution in [0.2, 0.25) is 0 Å². The molecule has 3 rings (SSSR count). The zero-order valence-electron chi connectivity index (χ0n) is 14.6. The van der Waals surface area contributed by atoms with E-state index in [0.717, 1.165) is 4.90 Å². The topological polar surface area (TPSA) is 67.9 Å². The molecule has 1 aliphatic heterocycles. The van der Waals surface area contributed by atoms with Gasteiger partial charge in [-0.15, -0.1) is 0 Å². The van der Waals surface area contributed by atoms with Crippen LogP contribution in [-0.2, 0) is 11.4 Å². The maximum atomic E-state index is 13.7. The lowest BCUT2D eigenvalue weighted by Gasteiger charge is -2.13. The lowest BCUT2D eigenvalue weighted by atomic mass is 10.1. The van der Waals surface area contributed by atoms with Crippen LogP contribution in [0.15, 0.2) is 46.6 Å². The Hall–Kier alpha value is -2.87. The van der Waals surface area contributed by atoms with Crippen LogP contribution < -0.4 is 14.8 Å². The third-order valence-electron chi connectivity index (χ3n) is 4.01. The Morgan fingerprint density at radius 1 is 1.22 bits per heavy atom. The van der Waals surface area contributed by atoms with Gasteiger partial charge in [0.1, 0.15) is 18.1 Å². The van der Waals surface area contributed by atoms with E-state index in [2.05, 4.69) is 21.2 Å². The molecule has 1 heterocycles. The van der Waals surface area contributed by atoms with Crippen LogP contribution >= 0.6 is 15.9 Å². The minimum atomic E-state index is -0.487. The molecule has 6 nitrogen and oxygen atoms in total. The SMILES string of the molecule is COc1cc(/C=C2/NC(=O)N(C)C2=O)c(Br)cc1OCc1ccccc1F. The zero-order chi connectivity index (χ0) is 19.6. The van der Waals surface area contributed by atoms with Crippen LogP contribution in [0.4, 0.5) is 9.18 Å². The largest absolute Gasteiger partial charge is 0.493 e. The van der Waals surface area contributed by atoms with Crippen molar-refractivity contribution in [3.63, 3.8) is 0 Å². The Balaban J connectivity index is 1.86. The Kier molecular flexibility index (Phi) is 5.46. The van der Waals surface area contributed by atoms with E-state index in [0.29, 0.717) is 27.1 Å². The number of nitrogens with one attached hydrogen (secondary N) is 1. The van der Waals surface area contributed by atoms with Crippen molar-refractivity contribution in [2.45, 2.75) is 6.61 Å². The maximum absolute atomic E-state index is 13.7. The molecule has 0 saturated carbocycles.